The number of ether oxygens (including phenoxy) is 2. The highest BCUT2D eigenvalue weighted by molar-refractivity contribution is 7.99. The highest BCUT2D eigenvalue weighted by Crippen LogP contribution is 2.39. The Hall–Kier alpha value is -3.17. The first-order valence-corrected chi connectivity index (χ1v) is 20.3. The molecular weight excluding hydrogens is 657 g/mol. The number of nitrogens with one attached hydrogen (secondary N) is 2. The fraction of sp³-hybridized carbons (Fsp3) is 0.535. The lowest BCUT2D eigenvalue weighted by molar-refractivity contribution is -0.245. The third-order valence-corrected chi connectivity index (χ3v) is 10.6. The summed E-state index contributed by atoms with van der Waals surface area (Å²) in [7, 11) is 0. The van der Waals surface area contributed by atoms with Gasteiger partial charge in [-0.25, -0.2) is 0 Å². The summed E-state index contributed by atoms with van der Waals surface area (Å²) in [5.41, 5.74) is 4.67. The van der Waals surface area contributed by atoms with Crippen LogP contribution in [-0.4, -0.2) is 28.8 Å². The smallest absolute Gasteiger partial charge is 0.221 e. The van der Waals surface area contributed by atoms with E-state index in [1.54, 1.807) is 11.8 Å². The molecule has 8 heteroatoms. The summed E-state index contributed by atoms with van der Waals surface area (Å²) in [4.78, 5) is 25.0. The molecule has 3 aromatic rings. The number of unbranched alkanes of at least 4 members (excludes halogenated alkanes) is 12. The molecule has 0 radical (unpaired) electrons. The van der Waals surface area contributed by atoms with Crippen LogP contribution in [0.1, 0.15) is 145 Å². The van der Waals surface area contributed by atoms with Gasteiger partial charge in [-0.3, -0.25) is 9.59 Å². The van der Waals surface area contributed by atoms with Crippen LogP contribution in [0.15, 0.2) is 77.7 Å². The number of anilines is 1. The number of benzene rings is 3. The van der Waals surface area contributed by atoms with Crippen molar-refractivity contribution in [2.45, 2.75) is 147 Å². The van der Waals surface area contributed by atoms with Crippen molar-refractivity contribution in [1.82, 2.24) is 5.32 Å². The Morgan fingerprint density at radius 3 is 1.88 bits per heavy atom. The van der Waals surface area contributed by atoms with Crippen LogP contribution in [0.25, 0.3) is 0 Å². The molecule has 7 nitrogen and oxygen atoms in total. The molecule has 1 aliphatic rings. The second-order valence-electron chi connectivity index (χ2n) is 13.9. The monoisotopic (exact) mass is 716 g/mol. The van der Waals surface area contributed by atoms with E-state index in [0.29, 0.717) is 19.4 Å². The number of hydrogen-bond acceptors (Lipinski definition) is 6. The van der Waals surface area contributed by atoms with E-state index in [1.165, 1.54) is 77.6 Å². The molecule has 3 N–H and O–H groups in total. The average molecular weight is 717 g/mol. The second-order valence-corrected chi connectivity index (χ2v) is 15.0. The topological polar surface area (TPSA) is 96.9 Å². The fourth-order valence-corrected chi connectivity index (χ4v) is 7.36. The Balaban J connectivity index is 1.20. The Bertz CT molecular complexity index is 1410. The van der Waals surface area contributed by atoms with Gasteiger partial charge in [0.25, 0.3) is 0 Å². The summed E-state index contributed by atoms with van der Waals surface area (Å²) < 4.78 is 13.0. The van der Waals surface area contributed by atoms with E-state index < -0.39 is 6.29 Å². The molecule has 0 aromatic heterocycles. The van der Waals surface area contributed by atoms with Gasteiger partial charge in [0, 0.05) is 48.2 Å². The maximum atomic E-state index is 12.5. The number of aliphatic hydroxyl groups excluding tert-OH is 1. The quantitative estimate of drug-likeness (QED) is 0.0668. The van der Waals surface area contributed by atoms with Crippen LogP contribution in [0.3, 0.4) is 0 Å². The number of aliphatic hydroxyl groups is 1. The average Bonchev–Trinajstić information content (AvgIpc) is 3.15. The zero-order valence-corrected chi connectivity index (χ0v) is 31.7. The Kier molecular flexibility index (Phi) is 18.6. The normalized spacial score (nSPS) is 17.3. The molecule has 3 aromatic carbocycles. The minimum atomic E-state index is -0.534. The van der Waals surface area contributed by atoms with Crippen molar-refractivity contribution in [3.63, 3.8) is 0 Å². The number of hydrogen-bond donors (Lipinski definition) is 3. The zero-order valence-electron chi connectivity index (χ0n) is 30.9. The lowest BCUT2D eigenvalue weighted by atomic mass is 10.0. The van der Waals surface area contributed by atoms with Crippen molar-refractivity contribution >= 4 is 29.3 Å². The molecule has 1 fully saturated rings. The molecule has 1 unspecified atom stereocenters. The van der Waals surface area contributed by atoms with Gasteiger partial charge in [0.15, 0.2) is 6.29 Å². The van der Waals surface area contributed by atoms with Crippen molar-refractivity contribution in [3.05, 3.63) is 95.1 Å². The molecule has 0 spiro atoms. The minimum absolute atomic E-state index is 0.00374. The summed E-state index contributed by atoms with van der Waals surface area (Å²) >= 11 is 1.72. The number of thioether (sulfide) groups is 1. The predicted octanol–water partition coefficient (Wildman–Crippen LogP) is 10.6. The first-order chi connectivity index (χ1) is 24.9. The molecule has 3 atom stereocenters. The molecule has 0 bridgehead atoms. The van der Waals surface area contributed by atoms with E-state index in [2.05, 4.69) is 17.6 Å². The van der Waals surface area contributed by atoms with Crippen molar-refractivity contribution in [2.75, 3.05) is 11.1 Å². The van der Waals surface area contributed by atoms with E-state index in [9.17, 15) is 14.7 Å². The summed E-state index contributed by atoms with van der Waals surface area (Å²) in [6.45, 7) is 4.28. The van der Waals surface area contributed by atoms with Crippen molar-refractivity contribution in [1.29, 1.82) is 0 Å². The van der Waals surface area contributed by atoms with E-state index in [4.69, 9.17) is 9.47 Å². The van der Waals surface area contributed by atoms with Gasteiger partial charge < -0.3 is 25.2 Å². The van der Waals surface area contributed by atoms with Gasteiger partial charge in [-0.1, -0.05) is 133 Å². The van der Waals surface area contributed by atoms with Gasteiger partial charge >= 0.3 is 0 Å². The first kappa shape index (κ1) is 40.6. The van der Waals surface area contributed by atoms with E-state index >= 15 is 0 Å². The number of amides is 2. The lowest BCUT2D eigenvalue weighted by Crippen LogP contribution is -2.31. The van der Waals surface area contributed by atoms with Crippen LogP contribution in [0.4, 0.5) is 5.69 Å². The van der Waals surface area contributed by atoms with Crippen LogP contribution >= 0.6 is 11.8 Å². The molecule has 2 amide bonds. The van der Waals surface area contributed by atoms with Crippen LogP contribution < -0.4 is 10.6 Å². The molecule has 4 rings (SSSR count). The maximum absolute atomic E-state index is 12.5. The Labute approximate surface area is 310 Å². The molecule has 51 heavy (non-hydrogen) atoms. The van der Waals surface area contributed by atoms with E-state index in [-0.39, 0.29) is 30.6 Å². The van der Waals surface area contributed by atoms with Crippen LogP contribution in [0.5, 0.6) is 0 Å². The largest absolute Gasteiger partial charge is 0.392 e. The third-order valence-electron chi connectivity index (χ3n) is 9.47. The predicted molar refractivity (Wildman–Crippen MR) is 208 cm³/mol. The van der Waals surface area contributed by atoms with Crippen LogP contribution in [0, 0.1) is 0 Å². The number of rotatable bonds is 23. The zero-order chi connectivity index (χ0) is 36.1. The number of carbonyl (C=O) groups excluding carboxylic acids is 2. The molecule has 1 heterocycles. The molecule has 1 saturated heterocycles. The molecule has 1 aliphatic heterocycles. The fourth-order valence-electron chi connectivity index (χ4n) is 6.43. The molecule has 278 valence electrons. The highest BCUT2D eigenvalue weighted by atomic mass is 32.2. The Morgan fingerprint density at radius 2 is 1.29 bits per heavy atom. The standard InChI is InChI=1S/C43H60N2O5S/c1-3-4-5-6-7-8-9-10-11-12-13-14-15-16-42(48)44-30-34-17-23-37(24-18-34)43-49-39(29-41(50-43)36-21-19-35(31-46)20-22-36)32-51-40-27-25-38(26-28-40)45-33(2)47/h17-28,39,41,43,46H,3-16,29-32H2,1-2H3,(H,44,48)(H,45,47)/t39-,41+,43?/m0/s1. The summed E-state index contributed by atoms with van der Waals surface area (Å²) in [5.74, 6) is 0.767. The number of carbonyl (C=O) groups is 2. The maximum Gasteiger partial charge on any atom is 0.221 e. The molecule has 0 aliphatic carbocycles. The van der Waals surface area contributed by atoms with Gasteiger partial charge in [0.1, 0.15) is 0 Å². The summed E-state index contributed by atoms with van der Waals surface area (Å²) in [5, 5.41) is 15.4. The van der Waals surface area contributed by atoms with Crippen molar-refractivity contribution in [2.24, 2.45) is 0 Å². The lowest BCUT2D eigenvalue weighted by Gasteiger charge is -2.36. The first-order valence-electron chi connectivity index (χ1n) is 19.3. The second kappa shape index (κ2) is 23.4. The van der Waals surface area contributed by atoms with Crippen LogP contribution in [-0.2, 0) is 32.2 Å². The minimum Gasteiger partial charge on any atom is -0.392 e. The van der Waals surface area contributed by atoms with Gasteiger partial charge in [-0.05, 0) is 47.4 Å². The van der Waals surface area contributed by atoms with E-state index in [1.807, 2.05) is 72.8 Å². The third kappa shape index (κ3) is 15.5. The van der Waals surface area contributed by atoms with Gasteiger partial charge in [-0.15, -0.1) is 11.8 Å². The van der Waals surface area contributed by atoms with Gasteiger partial charge in [0.2, 0.25) is 11.8 Å². The Morgan fingerprint density at radius 1 is 0.725 bits per heavy atom. The van der Waals surface area contributed by atoms with E-state index in [0.717, 1.165) is 51.4 Å². The SMILES string of the molecule is CCCCCCCCCCCCCCCC(=O)NCc1ccc(C2O[C@H](CSc3ccc(NC(C)=O)cc3)C[C@H](c3ccc(CO)cc3)O2)cc1. The van der Waals surface area contributed by atoms with Crippen LogP contribution in [0.2, 0.25) is 0 Å². The van der Waals surface area contributed by atoms with Crippen molar-refractivity contribution in [3.8, 4) is 0 Å². The van der Waals surface area contributed by atoms with Crippen molar-refractivity contribution < 1.29 is 24.2 Å². The molecular formula is C43H60N2O5S. The van der Waals surface area contributed by atoms with Gasteiger partial charge in [-0.2, -0.15) is 0 Å². The highest BCUT2D eigenvalue weighted by Gasteiger charge is 2.32. The van der Waals surface area contributed by atoms with Gasteiger partial charge in [0.05, 0.1) is 18.8 Å². The molecule has 0 saturated carbocycles. The summed E-state index contributed by atoms with van der Waals surface area (Å²) in [6, 6.07) is 23.9. The summed E-state index contributed by atoms with van der Waals surface area (Å²) in [6.07, 6.45) is 17.4.